The average Bonchev–Trinajstić information content (AvgIpc) is 3.27. The number of morpholine rings is 1. The van der Waals surface area contributed by atoms with Crippen molar-refractivity contribution in [3.8, 4) is 17.1 Å². The first-order valence-corrected chi connectivity index (χ1v) is 9.72. The first-order valence-electron chi connectivity index (χ1n) is 9.35. The van der Waals surface area contributed by atoms with Gasteiger partial charge in [-0.15, -0.1) is 0 Å². The van der Waals surface area contributed by atoms with Crippen molar-refractivity contribution in [3.05, 3.63) is 59.4 Å². The number of ether oxygens (including phenoxy) is 1. The van der Waals surface area contributed by atoms with Crippen molar-refractivity contribution < 1.29 is 9.53 Å². The van der Waals surface area contributed by atoms with E-state index in [0.29, 0.717) is 23.8 Å². The van der Waals surface area contributed by atoms with Gasteiger partial charge in [-0.05, 0) is 56.3 Å². The molecule has 0 aliphatic carbocycles. The molecule has 2 atom stereocenters. The Bertz CT molecular complexity index is 982. The molecular formula is C21H23ClN4O2. The van der Waals surface area contributed by atoms with Crippen LogP contribution >= 0.6 is 11.6 Å². The van der Waals surface area contributed by atoms with Crippen molar-refractivity contribution in [1.29, 1.82) is 0 Å². The quantitative estimate of drug-likeness (QED) is 0.674. The summed E-state index contributed by atoms with van der Waals surface area (Å²) in [5.74, 6) is -0.0510. The Hall–Kier alpha value is -2.57. The summed E-state index contributed by atoms with van der Waals surface area (Å²) in [5, 5.41) is 5.38. The zero-order chi connectivity index (χ0) is 19.8. The van der Waals surface area contributed by atoms with Gasteiger partial charge in [0.25, 0.3) is 5.91 Å². The summed E-state index contributed by atoms with van der Waals surface area (Å²) in [6.45, 7) is 5.10. The summed E-state index contributed by atoms with van der Waals surface area (Å²) in [5.41, 5.74) is 3.02. The summed E-state index contributed by atoms with van der Waals surface area (Å²) < 4.78 is 9.46. The molecule has 28 heavy (non-hydrogen) atoms. The smallest absolute Gasteiger partial charge is 0.272 e. The van der Waals surface area contributed by atoms with E-state index in [2.05, 4.69) is 0 Å². The van der Waals surface area contributed by atoms with Crippen LogP contribution in [0.15, 0.2) is 48.7 Å². The molecule has 6 nitrogen and oxygen atoms in total. The van der Waals surface area contributed by atoms with Crippen LogP contribution in [0.1, 0.15) is 24.3 Å². The summed E-state index contributed by atoms with van der Waals surface area (Å²) in [7, 11) is 1.96. The lowest BCUT2D eigenvalue weighted by molar-refractivity contribution is -0.0588. The maximum absolute atomic E-state index is 13.4. The van der Waals surface area contributed by atoms with Crippen molar-refractivity contribution in [2.75, 3.05) is 13.1 Å². The van der Waals surface area contributed by atoms with Crippen molar-refractivity contribution in [2.45, 2.75) is 26.1 Å². The molecule has 1 fully saturated rings. The predicted octanol–water partition coefficient (Wildman–Crippen LogP) is 3.78. The summed E-state index contributed by atoms with van der Waals surface area (Å²) in [6, 6.07) is 13.1. The fraction of sp³-hybridized carbons (Fsp3) is 0.333. The Morgan fingerprint density at radius 1 is 1.14 bits per heavy atom. The molecule has 1 amide bonds. The molecule has 0 unspecified atom stereocenters. The van der Waals surface area contributed by atoms with Crippen molar-refractivity contribution >= 4 is 17.5 Å². The van der Waals surface area contributed by atoms with Crippen LogP contribution in [-0.2, 0) is 11.8 Å². The number of nitrogens with zero attached hydrogens (tertiary/aromatic N) is 4. The van der Waals surface area contributed by atoms with E-state index in [1.165, 1.54) is 0 Å². The minimum Gasteiger partial charge on any atom is -0.372 e. The largest absolute Gasteiger partial charge is 0.372 e. The van der Waals surface area contributed by atoms with Gasteiger partial charge >= 0.3 is 0 Å². The molecule has 7 heteroatoms. The summed E-state index contributed by atoms with van der Waals surface area (Å²) >= 11 is 6.04. The molecule has 0 spiro atoms. The van der Waals surface area contributed by atoms with E-state index >= 15 is 0 Å². The molecule has 1 aliphatic rings. The number of halogens is 1. The van der Waals surface area contributed by atoms with E-state index in [9.17, 15) is 4.79 Å². The van der Waals surface area contributed by atoms with Gasteiger partial charge in [-0.1, -0.05) is 11.6 Å². The van der Waals surface area contributed by atoms with Gasteiger partial charge in [-0.3, -0.25) is 4.79 Å². The van der Waals surface area contributed by atoms with E-state index in [0.717, 1.165) is 17.1 Å². The lowest BCUT2D eigenvalue weighted by Crippen LogP contribution is -2.48. The molecule has 4 rings (SSSR count). The van der Waals surface area contributed by atoms with Crippen LogP contribution in [0.5, 0.6) is 0 Å². The van der Waals surface area contributed by atoms with E-state index in [-0.39, 0.29) is 18.1 Å². The summed E-state index contributed by atoms with van der Waals surface area (Å²) in [6.07, 6.45) is 1.97. The molecule has 0 radical (unpaired) electrons. The van der Waals surface area contributed by atoms with Crippen LogP contribution < -0.4 is 0 Å². The second-order valence-electron chi connectivity index (χ2n) is 7.27. The van der Waals surface area contributed by atoms with Gasteiger partial charge in [-0.2, -0.15) is 5.10 Å². The molecule has 0 bridgehead atoms. The molecule has 2 aromatic heterocycles. The number of hydrogen-bond donors (Lipinski definition) is 0. The Morgan fingerprint density at radius 2 is 1.82 bits per heavy atom. The highest BCUT2D eigenvalue weighted by molar-refractivity contribution is 6.30. The van der Waals surface area contributed by atoms with E-state index < -0.39 is 0 Å². The number of aromatic nitrogens is 3. The van der Waals surface area contributed by atoms with Crippen molar-refractivity contribution in [3.63, 3.8) is 0 Å². The third-order valence-electron chi connectivity index (χ3n) is 4.91. The van der Waals surface area contributed by atoms with Gasteiger partial charge in [-0.25, -0.2) is 4.68 Å². The Labute approximate surface area is 169 Å². The standard InChI is InChI=1S/C21H23ClN4O2/c1-14-12-25(13-15(2)28-14)21(27)20-11-18(19-5-4-10-24(19)3)23-26(20)17-8-6-16(22)7-9-17/h4-11,14-15H,12-13H2,1-3H3/t14-,15-/m1/s1. The van der Waals surface area contributed by atoms with Gasteiger partial charge in [0.1, 0.15) is 11.4 Å². The van der Waals surface area contributed by atoms with Gasteiger partial charge in [0.15, 0.2) is 0 Å². The lowest BCUT2D eigenvalue weighted by Gasteiger charge is -2.35. The van der Waals surface area contributed by atoms with Gasteiger partial charge in [0.05, 0.1) is 23.6 Å². The molecule has 0 saturated carbocycles. The highest BCUT2D eigenvalue weighted by atomic mass is 35.5. The second kappa shape index (κ2) is 7.45. The average molecular weight is 399 g/mol. The number of aryl methyl sites for hydroxylation is 1. The zero-order valence-electron chi connectivity index (χ0n) is 16.2. The minimum absolute atomic E-state index is 0.00643. The number of benzene rings is 1. The number of amides is 1. The van der Waals surface area contributed by atoms with Crippen LogP contribution in [0, 0.1) is 0 Å². The van der Waals surface area contributed by atoms with Gasteiger partial charge < -0.3 is 14.2 Å². The van der Waals surface area contributed by atoms with E-state index in [1.807, 2.05) is 66.9 Å². The Morgan fingerprint density at radius 3 is 2.43 bits per heavy atom. The molecule has 3 heterocycles. The SMILES string of the molecule is C[C@@H]1CN(C(=O)c2cc(-c3cccn3C)nn2-c2ccc(Cl)cc2)C[C@@H](C)O1. The molecule has 146 valence electrons. The van der Waals surface area contributed by atoms with Crippen LogP contribution in [0.4, 0.5) is 0 Å². The maximum atomic E-state index is 13.4. The van der Waals surface area contributed by atoms with Gasteiger partial charge in [0, 0.05) is 31.4 Å². The monoisotopic (exact) mass is 398 g/mol. The normalized spacial score (nSPS) is 19.8. The first-order chi connectivity index (χ1) is 13.4. The molecular weight excluding hydrogens is 376 g/mol. The maximum Gasteiger partial charge on any atom is 0.272 e. The van der Waals surface area contributed by atoms with E-state index in [4.69, 9.17) is 21.4 Å². The fourth-order valence-corrected chi connectivity index (χ4v) is 3.80. The van der Waals surface area contributed by atoms with Gasteiger partial charge in [0.2, 0.25) is 0 Å². The molecule has 1 aliphatic heterocycles. The third kappa shape index (κ3) is 3.57. The number of hydrogen-bond acceptors (Lipinski definition) is 3. The molecule has 0 N–H and O–H groups in total. The third-order valence-corrected chi connectivity index (χ3v) is 5.16. The zero-order valence-corrected chi connectivity index (χ0v) is 16.9. The van der Waals surface area contributed by atoms with Crippen molar-refractivity contribution in [1.82, 2.24) is 19.2 Å². The lowest BCUT2D eigenvalue weighted by atomic mass is 10.2. The topological polar surface area (TPSA) is 52.3 Å². The molecule has 1 aromatic carbocycles. The molecule has 3 aromatic rings. The fourth-order valence-electron chi connectivity index (χ4n) is 3.67. The van der Waals surface area contributed by atoms with Crippen LogP contribution in [-0.4, -0.2) is 50.5 Å². The number of rotatable bonds is 3. The van der Waals surface area contributed by atoms with Crippen molar-refractivity contribution in [2.24, 2.45) is 7.05 Å². The first kappa shape index (κ1) is 18.8. The summed E-state index contributed by atoms with van der Waals surface area (Å²) in [4.78, 5) is 15.2. The highest BCUT2D eigenvalue weighted by Gasteiger charge is 2.29. The number of carbonyl (C=O) groups excluding carboxylic acids is 1. The highest BCUT2D eigenvalue weighted by Crippen LogP contribution is 2.24. The Balaban J connectivity index is 1.78. The minimum atomic E-state index is -0.0510. The Kier molecular flexibility index (Phi) is 5.00. The predicted molar refractivity (Wildman–Crippen MR) is 109 cm³/mol. The molecule has 1 saturated heterocycles. The van der Waals surface area contributed by atoms with Crippen LogP contribution in [0.3, 0.4) is 0 Å². The number of carbonyl (C=O) groups is 1. The second-order valence-corrected chi connectivity index (χ2v) is 7.71. The van der Waals surface area contributed by atoms with Crippen LogP contribution in [0.25, 0.3) is 17.1 Å². The van der Waals surface area contributed by atoms with E-state index in [1.54, 1.807) is 16.8 Å². The van der Waals surface area contributed by atoms with Crippen LogP contribution in [0.2, 0.25) is 5.02 Å².